The molecule has 0 saturated carbocycles. The van der Waals surface area contributed by atoms with Crippen molar-refractivity contribution in [1.29, 1.82) is 0 Å². The van der Waals surface area contributed by atoms with E-state index >= 15 is 0 Å². The van der Waals surface area contributed by atoms with Crippen LogP contribution >= 0.6 is 0 Å². The zero-order chi connectivity index (χ0) is 21.1. The first-order valence-corrected chi connectivity index (χ1v) is 9.76. The molecule has 5 heteroatoms. The monoisotopic (exact) mass is 399 g/mol. The van der Waals surface area contributed by atoms with Crippen LogP contribution in [0.5, 0.6) is 5.75 Å². The highest BCUT2D eigenvalue weighted by Gasteiger charge is 2.29. The Morgan fingerprint density at radius 1 is 1.00 bits per heavy atom. The number of aryl methyl sites for hydroxylation is 1. The van der Waals surface area contributed by atoms with Crippen molar-refractivity contribution in [2.45, 2.75) is 19.4 Å². The summed E-state index contributed by atoms with van der Waals surface area (Å²) >= 11 is 0. The summed E-state index contributed by atoms with van der Waals surface area (Å²) in [5, 5.41) is 10.5. The lowest BCUT2D eigenvalue weighted by atomic mass is 9.98. The Balaban J connectivity index is 1.73. The van der Waals surface area contributed by atoms with Gasteiger partial charge in [0.05, 0.1) is 5.56 Å². The minimum atomic E-state index is -1.11. The Labute approximate surface area is 173 Å². The lowest BCUT2D eigenvalue weighted by Crippen LogP contribution is -2.20. The Bertz CT molecular complexity index is 1210. The van der Waals surface area contributed by atoms with Crippen LogP contribution in [-0.4, -0.2) is 21.8 Å². The number of esters is 1. The van der Waals surface area contributed by atoms with Crippen molar-refractivity contribution in [3.05, 3.63) is 101 Å². The maximum Gasteiger partial charge on any atom is 0.339 e. The largest absolute Gasteiger partial charge is 0.508 e. The molecular weight excluding hydrogens is 378 g/mol. The van der Waals surface area contributed by atoms with Crippen LogP contribution in [0, 0.1) is 0 Å². The summed E-state index contributed by atoms with van der Waals surface area (Å²) in [6.07, 6.45) is 1.40. The number of ketones is 1. The molecule has 0 unspecified atom stereocenters. The van der Waals surface area contributed by atoms with Crippen molar-refractivity contribution in [2.75, 3.05) is 0 Å². The number of carbonyl (C=O) groups excluding carboxylic acids is 2. The third-order valence-corrected chi connectivity index (χ3v) is 5.10. The predicted octanol–water partition coefficient (Wildman–Crippen LogP) is 5.22. The Morgan fingerprint density at radius 2 is 1.77 bits per heavy atom. The maximum absolute atomic E-state index is 13.5. The average Bonchev–Trinajstić information content (AvgIpc) is 3.22. The minimum absolute atomic E-state index is 0.0456. The number of fused-ring (bicyclic) bond motifs is 1. The third kappa shape index (κ3) is 3.70. The summed E-state index contributed by atoms with van der Waals surface area (Å²) in [6, 6.07) is 20.6. The van der Waals surface area contributed by atoms with Crippen molar-refractivity contribution < 1.29 is 19.4 Å². The number of phenolic OH excluding ortho intramolecular Hbond substituents is 1. The molecule has 1 aromatic heterocycles. The Hall–Kier alpha value is -3.86. The van der Waals surface area contributed by atoms with E-state index in [1.54, 1.807) is 36.5 Å². The highest BCUT2D eigenvalue weighted by Crippen LogP contribution is 2.29. The summed E-state index contributed by atoms with van der Waals surface area (Å²) in [5.74, 6) is -1.04. The smallest absolute Gasteiger partial charge is 0.339 e. The molecule has 0 bridgehead atoms. The van der Waals surface area contributed by atoms with Gasteiger partial charge in [0.25, 0.3) is 0 Å². The number of aromatic nitrogens is 1. The molecule has 4 aromatic rings. The number of nitrogens with one attached hydrogen (secondary N) is 1. The van der Waals surface area contributed by atoms with Crippen LogP contribution in [0.1, 0.15) is 44.9 Å². The fourth-order valence-electron chi connectivity index (χ4n) is 3.57. The van der Waals surface area contributed by atoms with Crippen LogP contribution in [0.2, 0.25) is 0 Å². The number of phenols is 1. The molecule has 0 spiro atoms. The second kappa shape index (κ2) is 8.25. The number of H-pyrrole nitrogens is 1. The molecular formula is C25H21NO4. The molecule has 4 rings (SSSR count). The predicted molar refractivity (Wildman–Crippen MR) is 115 cm³/mol. The zero-order valence-electron chi connectivity index (χ0n) is 16.5. The van der Waals surface area contributed by atoms with Gasteiger partial charge in [0.1, 0.15) is 5.75 Å². The first-order valence-electron chi connectivity index (χ1n) is 9.76. The van der Waals surface area contributed by atoms with Gasteiger partial charge in [-0.25, -0.2) is 4.79 Å². The van der Waals surface area contributed by atoms with E-state index in [1.165, 1.54) is 18.2 Å². The fraction of sp³-hybridized carbons (Fsp3) is 0.120. The first kappa shape index (κ1) is 19.5. The standard InChI is InChI=1S/C25H21NO4/c1-2-16-10-7-13-20-21(15-26-22(16)20)23(28)24(17-8-4-3-5-9-17)30-25(29)18-11-6-12-19(27)14-18/h3-15,24,26-27H,2H2,1H3/t24-/m1/s1. The number of benzene rings is 3. The van der Waals surface area contributed by atoms with Gasteiger partial charge in [-0.05, 0) is 30.2 Å². The molecule has 0 fully saturated rings. The molecule has 30 heavy (non-hydrogen) atoms. The van der Waals surface area contributed by atoms with Crippen molar-refractivity contribution in [3.8, 4) is 5.75 Å². The van der Waals surface area contributed by atoms with Crippen molar-refractivity contribution >= 4 is 22.7 Å². The quantitative estimate of drug-likeness (QED) is 0.344. The van der Waals surface area contributed by atoms with Gasteiger partial charge in [0.15, 0.2) is 6.10 Å². The molecule has 1 heterocycles. The molecule has 0 saturated heterocycles. The number of carbonyl (C=O) groups is 2. The molecule has 5 nitrogen and oxygen atoms in total. The van der Waals surface area contributed by atoms with Crippen LogP contribution in [0.25, 0.3) is 10.9 Å². The lowest BCUT2D eigenvalue weighted by molar-refractivity contribution is 0.0280. The molecule has 2 N–H and O–H groups in total. The number of aromatic amines is 1. The van der Waals surface area contributed by atoms with Gasteiger partial charge in [-0.3, -0.25) is 4.79 Å². The van der Waals surface area contributed by atoms with Crippen molar-refractivity contribution in [1.82, 2.24) is 4.98 Å². The molecule has 3 aromatic carbocycles. The molecule has 0 aliphatic carbocycles. The second-order valence-corrected chi connectivity index (χ2v) is 7.01. The van der Waals surface area contributed by atoms with E-state index < -0.39 is 12.1 Å². The summed E-state index contributed by atoms with van der Waals surface area (Å²) in [6.45, 7) is 2.06. The summed E-state index contributed by atoms with van der Waals surface area (Å²) in [4.78, 5) is 29.4. The Morgan fingerprint density at radius 3 is 2.50 bits per heavy atom. The third-order valence-electron chi connectivity index (χ3n) is 5.10. The average molecular weight is 399 g/mol. The number of ether oxygens (including phenoxy) is 1. The molecule has 1 atom stereocenters. The number of hydrogen-bond acceptors (Lipinski definition) is 4. The van der Waals surface area contributed by atoms with E-state index in [2.05, 4.69) is 11.9 Å². The number of rotatable bonds is 6. The topological polar surface area (TPSA) is 79.4 Å². The van der Waals surface area contributed by atoms with Gasteiger partial charge in [0.2, 0.25) is 5.78 Å². The lowest BCUT2D eigenvalue weighted by Gasteiger charge is -2.17. The molecule has 150 valence electrons. The molecule has 0 radical (unpaired) electrons. The first-order chi connectivity index (χ1) is 14.6. The van der Waals surface area contributed by atoms with Crippen LogP contribution in [0.15, 0.2) is 79.0 Å². The Kier molecular flexibility index (Phi) is 5.35. The second-order valence-electron chi connectivity index (χ2n) is 7.01. The number of Topliss-reactive ketones (excluding diaryl/α,β-unsaturated/α-hetero) is 1. The number of para-hydroxylation sites is 1. The van der Waals surface area contributed by atoms with Crippen LogP contribution in [0.3, 0.4) is 0 Å². The highest BCUT2D eigenvalue weighted by molar-refractivity contribution is 6.11. The van der Waals surface area contributed by atoms with E-state index in [0.717, 1.165) is 22.9 Å². The van der Waals surface area contributed by atoms with Crippen LogP contribution < -0.4 is 0 Å². The van der Waals surface area contributed by atoms with Crippen LogP contribution in [-0.2, 0) is 11.2 Å². The van der Waals surface area contributed by atoms with E-state index in [1.807, 2.05) is 24.3 Å². The SMILES string of the molecule is CCc1cccc2c(C(=O)[C@H](OC(=O)c3cccc(O)c3)c3ccccc3)c[nH]c12. The molecule has 0 amide bonds. The van der Waals surface area contributed by atoms with Gasteiger partial charge in [-0.15, -0.1) is 0 Å². The van der Waals surface area contributed by atoms with Crippen molar-refractivity contribution in [3.63, 3.8) is 0 Å². The van der Waals surface area contributed by atoms with Gasteiger partial charge in [0, 0.05) is 28.2 Å². The maximum atomic E-state index is 13.5. The van der Waals surface area contributed by atoms with Gasteiger partial charge >= 0.3 is 5.97 Å². The highest BCUT2D eigenvalue weighted by atomic mass is 16.5. The summed E-state index contributed by atoms with van der Waals surface area (Å²) in [5.41, 5.74) is 3.25. The number of aromatic hydroxyl groups is 1. The van der Waals surface area contributed by atoms with E-state index in [9.17, 15) is 14.7 Å². The minimum Gasteiger partial charge on any atom is -0.508 e. The van der Waals surface area contributed by atoms with Crippen molar-refractivity contribution in [2.24, 2.45) is 0 Å². The van der Waals surface area contributed by atoms with Gasteiger partial charge in [-0.2, -0.15) is 0 Å². The number of hydrogen-bond donors (Lipinski definition) is 2. The van der Waals surface area contributed by atoms with E-state index in [4.69, 9.17) is 4.74 Å². The molecule has 0 aliphatic rings. The molecule has 0 aliphatic heterocycles. The van der Waals surface area contributed by atoms with Crippen LogP contribution in [0.4, 0.5) is 0 Å². The van der Waals surface area contributed by atoms with Gasteiger partial charge in [-0.1, -0.05) is 61.5 Å². The van der Waals surface area contributed by atoms with E-state index in [-0.39, 0.29) is 17.1 Å². The zero-order valence-corrected chi connectivity index (χ0v) is 16.5. The normalized spacial score (nSPS) is 11.9. The summed E-state index contributed by atoms with van der Waals surface area (Å²) in [7, 11) is 0. The van der Waals surface area contributed by atoms with Gasteiger partial charge < -0.3 is 14.8 Å². The fourth-order valence-corrected chi connectivity index (χ4v) is 3.57. The summed E-state index contributed by atoms with van der Waals surface area (Å²) < 4.78 is 5.66. The van der Waals surface area contributed by atoms with E-state index in [0.29, 0.717) is 11.1 Å².